The van der Waals surface area contributed by atoms with Crippen molar-refractivity contribution in [1.82, 2.24) is 5.32 Å². The Morgan fingerprint density at radius 3 is 2.44 bits per heavy atom. The van der Waals surface area contributed by atoms with Crippen molar-refractivity contribution >= 4 is 34.9 Å². The second-order valence-corrected chi connectivity index (χ2v) is 13.2. The zero-order valence-corrected chi connectivity index (χ0v) is 26.3. The number of benzene rings is 3. The van der Waals surface area contributed by atoms with E-state index in [0.29, 0.717) is 12.8 Å². The molecule has 0 spiro atoms. The van der Waals surface area contributed by atoms with Gasteiger partial charge in [-0.25, -0.2) is 8.78 Å². The van der Waals surface area contributed by atoms with Gasteiger partial charge in [-0.2, -0.15) is 0 Å². The predicted molar refractivity (Wildman–Crippen MR) is 168 cm³/mol. The average Bonchev–Trinajstić information content (AvgIpc) is 3.19. The Morgan fingerprint density at radius 2 is 1.84 bits per heavy atom. The summed E-state index contributed by atoms with van der Waals surface area (Å²) in [5.41, 5.74) is 7.69. The molecular formula is C33H39Cl2F2N3O3. The summed E-state index contributed by atoms with van der Waals surface area (Å²) in [7, 11) is 0. The number of rotatable bonds is 11. The maximum atomic E-state index is 15.7. The SMILES string of the molecule is CCC(C(=O)O)c1ccc(NCOCC2NC(CC(C)(C)C)C(N)(c3ccc(Cl)cc3F)C2c2cccc(Cl)c2F)cc1. The van der Waals surface area contributed by atoms with Crippen molar-refractivity contribution in [2.24, 2.45) is 11.1 Å². The average molecular weight is 635 g/mol. The van der Waals surface area contributed by atoms with Gasteiger partial charge >= 0.3 is 5.97 Å². The first-order chi connectivity index (χ1) is 20.3. The summed E-state index contributed by atoms with van der Waals surface area (Å²) in [5.74, 6) is -3.34. The van der Waals surface area contributed by atoms with Gasteiger partial charge in [-0.3, -0.25) is 4.79 Å². The highest BCUT2D eigenvalue weighted by Gasteiger charge is 2.56. The van der Waals surface area contributed by atoms with Gasteiger partial charge in [-0.1, -0.05) is 81.2 Å². The van der Waals surface area contributed by atoms with Gasteiger partial charge in [0.05, 0.1) is 23.1 Å². The fraction of sp³-hybridized carbons (Fsp3) is 0.424. The number of hydrogen-bond acceptors (Lipinski definition) is 5. The number of carboxylic acid groups (broad SMARTS) is 1. The Bertz CT molecular complexity index is 1430. The number of aliphatic carboxylic acids is 1. The lowest BCUT2D eigenvalue weighted by atomic mass is 9.68. The van der Waals surface area contributed by atoms with Crippen LogP contribution in [0.3, 0.4) is 0 Å². The first-order valence-electron chi connectivity index (χ1n) is 14.3. The number of ether oxygens (including phenoxy) is 1. The van der Waals surface area contributed by atoms with Crippen LogP contribution in [-0.2, 0) is 15.1 Å². The molecule has 1 aliphatic rings. The third-order valence-electron chi connectivity index (χ3n) is 8.13. The fourth-order valence-electron chi connectivity index (χ4n) is 6.16. The maximum absolute atomic E-state index is 15.7. The Hall–Kier alpha value is -2.75. The van der Waals surface area contributed by atoms with Gasteiger partial charge in [0.15, 0.2) is 0 Å². The lowest BCUT2D eigenvalue weighted by Crippen LogP contribution is -2.52. The minimum absolute atomic E-state index is 0.0475. The molecule has 43 heavy (non-hydrogen) atoms. The van der Waals surface area contributed by atoms with Crippen LogP contribution in [0.1, 0.15) is 69.1 Å². The van der Waals surface area contributed by atoms with E-state index in [2.05, 4.69) is 31.4 Å². The predicted octanol–water partition coefficient (Wildman–Crippen LogP) is 7.65. The van der Waals surface area contributed by atoms with E-state index in [0.717, 1.165) is 11.3 Å². The number of carboxylic acids is 1. The van der Waals surface area contributed by atoms with Gasteiger partial charge in [0.25, 0.3) is 0 Å². The Labute approximate surface area is 261 Å². The van der Waals surface area contributed by atoms with E-state index in [9.17, 15) is 9.90 Å². The number of halogens is 4. The zero-order valence-electron chi connectivity index (χ0n) is 24.8. The molecule has 6 nitrogen and oxygen atoms in total. The molecule has 5 unspecified atom stereocenters. The Kier molecular flexibility index (Phi) is 10.4. The maximum Gasteiger partial charge on any atom is 0.310 e. The summed E-state index contributed by atoms with van der Waals surface area (Å²) < 4.78 is 37.3. The van der Waals surface area contributed by atoms with Gasteiger partial charge in [-0.15, -0.1) is 0 Å². The van der Waals surface area contributed by atoms with Crippen LogP contribution >= 0.6 is 23.2 Å². The van der Waals surface area contributed by atoms with E-state index in [1.807, 2.05) is 6.92 Å². The molecule has 0 amide bonds. The molecule has 1 heterocycles. The molecule has 1 aliphatic heterocycles. The van der Waals surface area contributed by atoms with Crippen LogP contribution in [0.15, 0.2) is 60.7 Å². The molecule has 3 aromatic carbocycles. The largest absolute Gasteiger partial charge is 0.481 e. The minimum atomic E-state index is -1.37. The standard InChI is InChI=1S/C33H39Cl2F2N3O3/c1-5-22(31(41)42)19-9-12-21(13-10-19)39-18-43-17-27-29(23-7-6-8-25(35)30(23)37)33(38,28(40-27)16-32(2,3)4)24-14-11-20(34)15-26(24)36/h6-15,22,27-29,39-40H,5,16-18,38H2,1-4H3,(H,41,42). The normalized spacial score (nSPS) is 22.9. The Balaban J connectivity index is 1.62. The van der Waals surface area contributed by atoms with E-state index >= 15 is 8.78 Å². The number of carbonyl (C=O) groups is 1. The summed E-state index contributed by atoms with van der Waals surface area (Å²) in [6, 6.07) is 15.4. The van der Waals surface area contributed by atoms with Crippen LogP contribution in [-0.4, -0.2) is 36.5 Å². The molecule has 10 heteroatoms. The summed E-state index contributed by atoms with van der Waals surface area (Å²) in [5, 5.41) is 16.4. The minimum Gasteiger partial charge on any atom is -0.481 e. The Morgan fingerprint density at radius 1 is 1.14 bits per heavy atom. The molecule has 0 aromatic heterocycles. The first-order valence-corrected chi connectivity index (χ1v) is 15.1. The first kappa shape index (κ1) is 33.1. The van der Waals surface area contributed by atoms with Crippen molar-refractivity contribution in [3.63, 3.8) is 0 Å². The zero-order chi connectivity index (χ0) is 31.5. The second-order valence-electron chi connectivity index (χ2n) is 12.4. The number of hydrogen-bond donors (Lipinski definition) is 4. The fourth-order valence-corrected chi connectivity index (χ4v) is 6.50. The molecule has 0 bridgehead atoms. The van der Waals surface area contributed by atoms with E-state index in [-0.39, 0.29) is 39.9 Å². The third kappa shape index (κ3) is 7.32. The molecule has 1 fully saturated rings. The van der Waals surface area contributed by atoms with Gasteiger partial charge in [0.1, 0.15) is 18.4 Å². The number of anilines is 1. The smallest absolute Gasteiger partial charge is 0.310 e. The summed E-state index contributed by atoms with van der Waals surface area (Å²) in [6.07, 6.45) is 1.06. The molecule has 0 aliphatic carbocycles. The molecule has 0 saturated carbocycles. The highest BCUT2D eigenvalue weighted by molar-refractivity contribution is 6.31. The van der Waals surface area contributed by atoms with Gasteiger partial charge in [0, 0.05) is 34.3 Å². The molecule has 5 N–H and O–H groups in total. The monoisotopic (exact) mass is 633 g/mol. The third-order valence-corrected chi connectivity index (χ3v) is 8.66. The molecule has 0 radical (unpaired) electrons. The molecule has 232 valence electrons. The van der Waals surface area contributed by atoms with Crippen molar-refractivity contribution in [2.45, 2.75) is 70.0 Å². The summed E-state index contributed by atoms with van der Waals surface area (Å²) in [6.45, 7) is 8.30. The van der Waals surface area contributed by atoms with Crippen LogP contribution in [0.2, 0.25) is 10.0 Å². The lowest BCUT2D eigenvalue weighted by molar-refractivity contribution is -0.138. The van der Waals surface area contributed by atoms with Crippen LogP contribution in [0, 0.1) is 17.0 Å². The van der Waals surface area contributed by atoms with Crippen LogP contribution in [0.5, 0.6) is 0 Å². The van der Waals surface area contributed by atoms with Crippen molar-refractivity contribution in [3.8, 4) is 0 Å². The quantitative estimate of drug-likeness (QED) is 0.128. The summed E-state index contributed by atoms with van der Waals surface area (Å²) >= 11 is 12.3. The van der Waals surface area contributed by atoms with Gasteiger partial charge in [-0.05, 0) is 59.7 Å². The van der Waals surface area contributed by atoms with Crippen LogP contribution < -0.4 is 16.4 Å². The van der Waals surface area contributed by atoms with E-state index in [1.54, 1.807) is 48.5 Å². The van der Waals surface area contributed by atoms with Crippen LogP contribution in [0.4, 0.5) is 14.5 Å². The van der Waals surface area contributed by atoms with Gasteiger partial charge in [0.2, 0.25) is 0 Å². The number of nitrogens with two attached hydrogens (primary N) is 1. The second kappa shape index (κ2) is 13.5. The molecule has 4 rings (SSSR count). The number of nitrogens with one attached hydrogen (secondary N) is 2. The molecular weight excluding hydrogens is 595 g/mol. The van der Waals surface area contributed by atoms with E-state index in [1.165, 1.54) is 12.1 Å². The van der Waals surface area contributed by atoms with Crippen molar-refractivity contribution in [2.75, 3.05) is 18.7 Å². The van der Waals surface area contributed by atoms with E-state index in [4.69, 9.17) is 33.7 Å². The molecule has 1 saturated heterocycles. The van der Waals surface area contributed by atoms with Gasteiger partial charge < -0.3 is 26.2 Å². The summed E-state index contributed by atoms with van der Waals surface area (Å²) in [4.78, 5) is 11.5. The highest BCUT2D eigenvalue weighted by Crippen LogP contribution is 2.49. The van der Waals surface area contributed by atoms with Crippen molar-refractivity contribution < 1.29 is 23.4 Å². The molecule has 5 atom stereocenters. The van der Waals surface area contributed by atoms with Crippen molar-refractivity contribution in [3.05, 3.63) is 99.0 Å². The topological polar surface area (TPSA) is 96.6 Å². The molecule has 3 aromatic rings. The highest BCUT2D eigenvalue weighted by atomic mass is 35.5. The van der Waals surface area contributed by atoms with Crippen molar-refractivity contribution in [1.29, 1.82) is 0 Å². The van der Waals surface area contributed by atoms with E-state index < -0.39 is 47.1 Å². The lowest BCUT2D eigenvalue weighted by Gasteiger charge is -2.40. The van der Waals surface area contributed by atoms with Crippen LogP contribution in [0.25, 0.3) is 0 Å².